The van der Waals surface area contributed by atoms with Crippen molar-refractivity contribution in [2.75, 3.05) is 0 Å². The molecule has 2 aromatic rings. The molecule has 0 radical (unpaired) electrons. The van der Waals surface area contributed by atoms with Gasteiger partial charge >= 0.3 is 0 Å². The Morgan fingerprint density at radius 3 is 2.71 bits per heavy atom. The van der Waals surface area contributed by atoms with Gasteiger partial charge in [-0.2, -0.15) is 5.10 Å². The van der Waals surface area contributed by atoms with Crippen molar-refractivity contribution in [1.82, 2.24) is 15.2 Å². The van der Waals surface area contributed by atoms with Crippen molar-refractivity contribution in [3.8, 4) is 10.7 Å². The van der Waals surface area contributed by atoms with E-state index in [4.69, 9.17) is 0 Å². The fraction of sp³-hybridized carbons (Fsp3) is 0.538. The summed E-state index contributed by atoms with van der Waals surface area (Å²) in [5.74, 6) is 2.55. The van der Waals surface area contributed by atoms with Gasteiger partial charge in [0.2, 0.25) is 0 Å². The van der Waals surface area contributed by atoms with Crippen LogP contribution in [0.15, 0.2) is 17.5 Å². The van der Waals surface area contributed by atoms with Gasteiger partial charge in [-0.15, -0.1) is 11.3 Å². The first kappa shape index (κ1) is 11.0. The van der Waals surface area contributed by atoms with E-state index in [1.165, 1.54) is 38.5 Å². The SMILES string of the molecule is c1csc(-c2n[nH]c(C3CCCCCC3)n2)c1. The summed E-state index contributed by atoms with van der Waals surface area (Å²) in [6.07, 6.45) is 7.95. The Kier molecular flexibility index (Phi) is 3.22. The third-order valence-electron chi connectivity index (χ3n) is 3.49. The third-order valence-corrected chi connectivity index (χ3v) is 4.35. The molecule has 1 fully saturated rings. The Balaban J connectivity index is 1.79. The Bertz CT molecular complexity index is 453. The number of hydrogen-bond acceptors (Lipinski definition) is 3. The number of nitrogens with zero attached hydrogens (tertiary/aromatic N) is 2. The number of H-pyrrole nitrogens is 1. The molecule has 1 saturated carbocycles. The van der Waals surface area contributed by atoms with Crippen LogP contribution in [0.2, 0.25) is 0 Å². The summed E-state index contributed by atoms with van der Waals surface area (Å²) in [5, 5.41) is 9.54. The van der Waals surface area contributed by atoms with E-state index in [1.54, 1.807) is 11.3 Å². The maximum atomic E-state index is 4.66. The van der Waals surface area contributed by atoms with Crippen LogP contribution >= 0.6 is 11.3 Å². The van der Waals surface area contributed by atoms with Crippen LogP contribution in [0.4, 0.5) is 0 Å². The average molecular weight is 247 g/mol. The molecule has 0 atom stereocenters. The molecular formula is C13H17N3S. The molecule has 90 valence electrons. The van der Waals surface area contributed by atoms with Crippen LogP contribution in [0.25, 0.3) is 10.7 Å². The molecule has 0 spiro atoms. The minimum absolute atomic E-state index is 0.596. The first-order valence-corrected chi connectivity index (χ1v) is 7.27. The van der Waals surface area contributed by atoms with Crippen molar-refractivity contribution in [3.05, 3.63) is 23.3 Å². The zero-order chi connectivity index (χ0) is 11.5. The van der Waals surface area contributed by atoms with Crippen LogP contribution in [-0.4, -0.2) is 15.2 Å². The summed E-state index contributed by atoms with van der Waals surface area (Å²) >= 11 is 1.70. The van der Waals surface area contributed by atoms with E-state index in [9.17, 15) is 0 Å². The third kappa shape index (κ3) is 2.41. The Morgan fingerprint density at radius 1 is 1.18 bits per heavy atom. The molecule has 2 aromatic heterocycles. The number of nitrogens with one attached hydrogen (secondary N) is 1. The van der Waals surface area contributed by atoms with Gasteiger partial charge in [0.25, 0.3) is 0 Å². The van der Waals surface area contributed by atoms with E-state index < -0.39 is 0 Å². The summed E-state index contributed by atoms with van der Waals surface area (Å²) in [4.78, 5) is 5.82. The van der Waals surface area contributed by atoms with Gasteiger partial charge in [-0.1, -0.05) is 31.7 Å². The molecule has 1 aliphatic rings. The molecule has 0 aliphatic heterocycles. The van der Waals surface area contributed by atoms with Crippen LogP contribution in [0, 0.1) is 0 Å². The largest absolute Gasteiger partial charge is 0.262 e. The van der Waals surface area contributed by atoms with E-state index >= 15 is 0 Å². The minimum atomic E-state index is 0.596. The van der Waals surface area contributed by atoms with Gasteiger partial charge in [-0.05, 0) is 24.3 Å². The number of rotatable bonds is 2. The molecule has 1 aliphatic carbocycles. The highest BCUT2D eigenvalue weighted by Gasteiger charge is 2.18. The van der Waals surface area contributed by atoms with Crippen molar-refractivity contribution in [2.24, 2.45) is 0 Å². The quantitative estimate of drug-likeness (QED) is 0.816. The monoisotopic (exact) mass is 247 g/mol. The van der Waals surface area contributed by atoms with Gasteiger partial charge in [0, 0.05) is 5.92 Å². The maximum absolute atomic E-state index is 4.66. The second-order valence-corrected chi connectivity index (χ2v) is 5.66. The van der Waals surface area contributed by atoms with Crippen LogP contribution in [0.1, 0.15) is 50.3 Å². The molecule has 1 N–H and O–H groups in total. The van der Waals surface area contributed by atoms with Gasteiger partial charge in [-0.25, -0.2) is 4.98 Å². The lowest BCUT2D eigenvalue weighted by Gasteiger charge is -2.08. The van der Waals surface area contributed by atoms with Crippen LogP contribution in [-0.2, 0) is 0 Å². The van der Waals surface area contributed by atoms with Gasteiger partial charge < -0.3 is 0 Å². The highest BCUT2D eigenvalue weighted by molar-refractivity contribution is 7.13. The number of hydrogen-bond donors (Lipinski definition) is 1. The van der Waals surface area contributed by atoms with Gasteiger partial charge in [0.05, 0.1) is 4.88 Å². The van der Waals surface area contributed by atoms with E-state index in [2.05, 4.69) is 26.6 Å². The molecule has 0 saturated heterocycles. The zero-order valence-corrected chi connectivity index (χ0v) is 10.7. The smallest absolute Gasteiger partial charge is 0.191 e. The molecule has 4 heteroatoms. The predicted octanol–water partition coefficient (Wildman–Crippen LogP) is 3.97. The molecule has 0 amide bonds. The molecule has 0 aromatic carbocycles. The van der Waals surface area contributed by atoms with E-state index in [1.807, 2.05) is 6.07 Å². The standard InChI is InChI=1S/C13H17N3S/c1-2-4-7-10(6-3-1)12-14-13(16-15-12)11-8-5-9-17-11/h5,8-10H,1-4,6-7H2,(H,14,15,16). The summed E-state index contributed by atoms with van der Waals surface area (Å²) < 4.78 is 0. The second kappa shape index (κ2) is 5.00. The molecule has 3 rings (SSSR count). The fourth-order valence-electron chi connectivity index (χ4n) is 2.53. The normalized spacial score (nSPS) is 18.1. The van der Waals surface area contributed by atoms with Crippen LogP contribution in [0.5, 0.6) is 0 Å². The van der Waals surface area contributed by atoms with Gasteiger partial charge in [0.1, 0.15) is 5.82 Å². The van der Waals surface area contributed by atoms with Crippen molar-refractivity contribution >= 4 is 11.3 Å². The molecular weight excluding hydrogens is 230 g/mol. The first-order chi connectivity index (χ1) is 8.43. The van der Waals surface area contributed by atoms with Crippen molar-refractivity contribution in [3.63, 3.8) is 0 Å². The highest BCUT2D eigenvalue weighted by atomic mass is 32.1. The van der Waals surface area contributed by atoms with E-state index in [0.717, 1.165) is 16.5 Å². The lowest BCUT2D eigenvalue weighted by molar-refractivity contribution is 0.563. The summed E-state index contributed by atoms with van der Waals surface area (Å²) in [5.41, 5.74) is 0. The predicted molar refractivity (Wildman–Crippen MR) is 70.1 cm³/mol. The zero-order valence-electron chi connectivity index (χ0n) is 9.85. The van der Waals surface area contributed by atoms with Gasteiger partial charge in [0.15, 0.2) is 5.82 Å². The van der Waals surface area contributed by atoms with Gasteiger partial charge in [-0.3, -0.25) is 5.10 Å². The van der Waals surface area contributed by atoms with Crippen LogP contribution in [0.3, 0.4) is 0 Å². The molecule has 2 heterocycles. The lowest BCUT2D eigenvalue weighted by Crippen LogP contribution is -1.99. The van der Waals surface area contributed by atoms with Crippen molar-refractivity contribution in [1.29, 1.82) is 0 Å². The molecule has 0 bridgehead atoms. The number of aromatic amines is 1. The fourth-order valence-corrected chi connectivity index (χ4v) is 3.18. The maximum Gasteiger partial charge on any atom is 0.191 e. The Hall–Kier alpha value is -1.16. The molecule has 3 nitrogen and oxygen atoms in total. The average Bonchev–Trinajstić information content (AvgIpc) is 2.95. The second-order valence-electron chi connectivity index (χ2n) is 4.71. The summed E-state index contributed by atoms with van der Waals surface area (Å²) in [6.45, 7) is 0. The first-order valence-electron chi connectivity index (χ1n) is 6.39. The Morgan fingerprint density at radius 2 is 2.00 bits per heavy atom. The Labute approximate surface area is 105 Å². The summed E-state index contributed by atoms with van der Waals surface area (Å²) in [6, 6.07) is 4.12. The molecule has 0 unspecified atom stereocenters. The number of thiophene rings is 1. The lowest BCUT2D eigenvalue weighted by atomic mass is 10.00. The summed E-state index contributed by atoms with van der Waals surface area (Å²) in [7, 11) is 0. The van der Waals surface area contributed by atoms with E-state index in [0.29, 0.717) is 5.92 Å². The van der Waals surface area contributed by atoms with Crippen LogP contribution < -0.4 is 0 Å². The molecule has 17 heavy (non-hydrogen) atoms. The van der Waals surface area contributed by atoms with E-state index in [-0.39, 0.29) is 0 Å². The number of aromatic nitrogens is 3. The highest BCUT2D eigenvalue weighted by Crippen LogP contribution is 2.30. The topological polar surface area (TPSA) is 41.6 Å². The van der Waals surface area contributed by atoms with Crippen molar-refractivity contribution in [2.45, 2.75) is 44.4 Å². The van der Waals surface area contributed by atoms with Crippen molar-refractivity contribution < 1.29 is 0 Å². The minimum Gasteiger partial charge on any atom is -0.262 e.